The standard InChI is InChI=1S/C33H45ClN2O6S/c1-4-5-15-33(39,20-37)28-11-8-25(28)18-36-19-32(14-6-7-23-16-26(34)10-12-27(23)32)21-42-30-13-9-24(17-29(30)36)31(38)35-43(40,41)22(2)3/h9-10,12-13,16-17,22,25,28,37,39H,4-8,11,14-15,18-21H2,1-3H3,(H,35,38)/t25-,28+,32-,33-/m0/s1. The molecule has 1 heterocycles. The molecule has 43 heavy (non-hydrogen) atoms. The van der Waals surface area contributed by atoms with E-state index in [1.165, 1.54) is 25.0 Å². The molecule has 1 saturated carbocycles. The van der Waals surface area contributed by atoms with E-state index in [0.29, 0.717) is 36.9 Å². The number of benzene rings is 2. The monoisotopic (exact) mass is 632 g/mol. The summed E-state index contributed by atoms with van der Waals surface area (Å²) >= 11 is 6.39. The molecule has 0 radical (unpaired) electrons. The van der Waals surface area contributed by atoms with Gasteiger partial charge in [0, 0.05) is 29.1 Å². The molecule has 10 heteroatoms. The average molecular weight is 633 g/mol. The minimum atomic E-state index is -3.80. The van der Waals surface area contributed by atoms with Crippen molar-refractivity contribution in [2.45, 2.75) is 88.4 Å². The molecule has 0 saturated heterocycles. The van der Waals surface area contributed by atoms with Crippen molar-refractivity contribution in [3.05, 3.63) is 58.1 Å². The van der Waals surface area contributed by atoms with Crippen LogP contribution in [0.3, 0.4) is 0 Å². The van der Waals surface area contributed by atoms with Crippen LogP contribution >= 0.6 is 11.6 Å². The highest BCUT2D eigenvalue weighted by molar-refractivity contribution is 7.90. The zero-order valence-electron chi connectivity index (χ0n) is 25.4. The van der Waals surface area contributed by atoms with Crippen LogP contribution in [0.4, 0.5) is 5.69 Å². The fraction of sp³-hybridized carbons (Fsp3) is 0.606. The first-order valence-electron chi connectivity index (χ1n) is 15.6. The summed E-state index contributed by atoms with van der Waals surface area (Å²) in [6, 6.07) is 11.2. The van der Waals surface area contributed by atoms with Crippen LogP contribution in [0.25, 0.3) is 0 Å². The lowest BCUT2D eigenvalue weighted by molar-refractivity contribution is -0.117. The van der Waals surface area contributed by atoms with Crippen molar-refractivity contribution in [2.24, 2.45) is 11.8 Å². The highest BCUT2D eigenvalue weighted by atomic mass is 35.5. The van der Waals surface area contributed by atoms with Crippen molar-refractivity contribution in [2.75, 3.05) is 31.2 Å². The Bertz CT molecular complexity index is 1450. The van der Waals surface area contributed by atoms with Crippen LogP contribution in [0.2, 0.25) is 5.02 Å². The van der Waals surface area contributed by atoms with Gasteiger partial charge in [-0.3, -0.25) is 4.79 Å². The van der Waals surface area contributed by atoms with E-state index in [1.54, 1.807) is 18.2 Å². The van der Waals surface area contributed by atoms with Crippen molar-refractivity contribution in [3.8, 4) is 5.75 Å². The van der Waals surface area contributed by atoms with Gasteiger partial charge < -0.3 is 19.8 Å². The molecule has 236 valence electrons. The Morgan fingerprint density at radius 2 is 2.02 bits per heavy atom. The van der Waals surface area contributed by atoms with Gasteiger partial charge in [0.05, 0.1) is 29.8 Å². The fourth-order valence-electron chi connectivity index (χ4n) is 7.20. The van der Waals surface area contributed by atoms with Gasteiger partial charge in [0.1, 0.15) is 5.75 Å². The Balaban J connectivity index is 1.52. The SMILES string of the molecule is CCCC[C@](O)(CO)[C@@H]1CC[C@H]1CN1C[C@@]2(CCCc3cc(Cl)ccc32)COc2ccc(C(=O)NS(=O)(=O)C(C)C)cc21. The van der Waals surface area contributed by atoms with Crippen LogP contribution in [-0.4, -0.2) is 61.7 Å². The Morgan fingerprint density at radius 1 is 1.23 bits per heavy atom. The van der Waals surface area contributed by atoms with Crippen molar-refractivity contribution < 1.29 is 28.2 Å². The maximum absolute atomic E-state index is 13.1. The number of aliphatic hydroxyl groups excluding tert-OH is 1. The number of nitrogens with one attached hydrogen (secondary N) is 1. The van der Waals surface area contributed by atoms with E-state index in [-0.39, 0.29) is 29.4 Å². The molecule has 1 fully saturated rings. The third-order valence-corrected chi connectivity index (χ3v) is 11.9. The number of carbonyl (C=O) groups is 1. The number of carbonyl (C=O) groups excluding carboxylic acids is 1. The van der Waals surface area contributed by atoms with Crippen LogP contribution in [0.5, 0.6) is 5.75 Å². The Kier molecular flexibility index (Phi) is 9.38. The van der Waals surface area contributed by atoms with Crippen LogP contribution in [0.15, 0.2) is 36.4 Å². The summed E-state index contributed by atoms with van der Waals surface area (Å²) in [5.74, 6) is 0.0705. The lowest BCUT2D eigenvalue weighted by Crippen LogP contribution is -2.54. The summed E-state index contributed by atoms with van der Waals surface area (Å²) in [5.41, 5.74) is 1.99. The van der Waals surface area contributed by atoms with Crippen LogP contribution in [0, 0.1) is 11.8 Å². The van der Waals surface area contributed by atoms with Crippen LogP contribution in [-0.2, 0) is 21.9 Å². The molecule has 0 unspecified atom stereocenters. The summed E-state index contributed by atoms with van der Waals surface area (Å²) in [6.45, 7) is 6.60. The second-order valence-electron chi connectivity index (χ2n) is 13.1. The summed E-state index contributed by atoms with van der Waals surface area (Å²) < 4.78 is 33.7. The van der Waals surface area contributed by atoms with Gasteiger partial charge in [0.25, 0.3) is 5.91 Å². The fourth-order valence-corrected chi connectivity index (χ4v) is 8.01. The summed E-state index contributed by atoms with van der Waals surface area (Å²) in [5, 5.41) is 21.7. The van der Waals surface area contributed by atoms with E-state index >= 15 is 0 Å². The lowest BCUT2D eigenvalue weighted by Gasteiger charge is -2.49. The number of halogens is 1. The third kappa shape index (κ3) is 6.42. The third-order valence-electron chi connectivity index (χ3n) is 9.95. The zero-order valence-corrected chi connectivity index (χ0v) is 27.0. The van der Waals surface area contributed by atoms with E-state index in [9.17, 15) is 23.4 Å². The number of hydrogen-bond acceptors (Lipinski definition) is 7. The number of unbranched alkanes of at least 4 members (excludes halogenated alkanes) is 1. The first-order chi connectivity index (χ1) is 20.4. The second kappa shape index (κ2) is 12.6. The molecule has 2 aromatic rings. The largest absolute Gasteiger partial charge is 0.490 e. The predicted octanol–water partition coefficient (Wildman–Crippen LogP) is 5.22. The van der Waals surface area contributed by atoms with E-state index in [1.807, 2.05) is 6.07 Å². The molecule has 4 atom stereocenters. The molecule has 5 rings (SSSR count). The van der Waals surface area contributed by atoms with E-state index in [4.69, 9.17) is 16.3 Å². The van der Waals surface area contributed by atoms with Gasteiger partial charge in [-0.25, -0.2) is 13.1 Å². The summed E-state index contributed by atoms with van der Waals surface area (Å²) in [7, 11) is -3.80. The molecule has 0 bridgehead atoms. The Hall–Kier alpha value is -2.33. The molecular formula is C33H45ClN2O6S. The van der Waals surface area contributed by atoms with Gasteiger partial charge in [-0.2, -0.15) is 0 Å². The number of aliphatic hydroxyl groups is 2. The first-order valence-corrected chi connectivity index (χ1v) is 17.5. The van der Waals surface area contributed by atoms with Crippen molar-refractivity contribution in [1.29, 1.82) is 0 Å². The lowest BCUT2D eigenvalue weighted by atomic mass is 9.63. The molecule has 1 spiro atoms. The molecule has 3 N–H and O–H groups in total. The number of nitrogens with zero attached hydrogens (tertiary/aromatic N) is 1. The topological polar surface area (TPSA) is 116 Å². The van der Waals surface area contributed by atoms with Crippen molar-refractivity contribution in [3.63, 3.8) is 0 Å². The quantitative estimate of drug-likeness (QED) is 0.329. The van der Waals surface area contributed by atoms with E-state index in [2.05, 4.69) is 28.7 Å². The van der Waals surface area contributed by atoms with Crippen molar-refractivity contribution >= 4 is 33.2 Å². The maximum Gasteiger partial charge on any atom is 0.264 e. The smallest absolute Gasteiger partial charge is 0.264 e. The van der Waals surface area contributed by atoms with Gasteiger partial charge in [0.2, 0.25) is 10.0 Å². The van der Waals surface area contributed by atoms with Gasteiger partial charge in [-0.1, -0.05) is 37.4 Å². The number of anilines is 1. The zero-order chi connectivity index (χ0) is 31.0. The molecular weight excluding hydrogens is 588 g/mol. The molecule has 2 aliphatic carbocycles. The molecule has 2 aromatic carbocycles. The summed E-state index contributed by atoms with van der Waals surface area (Å²) in [4.78, 5) is 15.4. The molecule has 8 nitrogen and oxygen atoms in total. The first kappa shape index (κ1) is 32.1. The van der Waals surface area contributed by atoms with Crippen LogP contribution in [0.1, 0.15) is 87.2 Å². The van der Waals surface area contributed by atoms with E-state index in [0.717, 1.165) is 50.6 Å². The van der Waals surface area contributed by atoms with Gasteiger partial charge in [0.15, 0.2) is 0 Å². The molecule has 1 amide bonds. The number of rotatable bonds is 10. The number of aryl methyl sites for hydroxylation is 1. The van der Waals surface area contributed by atoms with Crippen molar-refractivity contribution in [1.82, 2.24) is 4.72 Å². The molecule has 1 aliphatic heterocycles. The highest BCUT2D eigenvalue weighted by Gasteiger charge is 2.48. The summed E-state index contributed by atoms with van der Waals surface area (Å²) in [6.07, 6.45) is 7.01. The minimum Gasteiger partial charge on any atom is -0.490 e. The number of sulfonamides is 1. The number of ether oxygens (including phenoxy) is 1. The molecule has 3 aliphatic rings. The normalized spacial score (nSPS) is 24.8. The van der Waals surface area contributed by atoms with Crippen LogP contribution < -0.4 is 14.4 Å². The minimum absolute atomic E-state index is 0.0345. The predicted molar refractivity (Wildman–Crippen MR) is 170 cm³/mol. The molecule has 0 aromatic heterocycles. The second-order valence-corrected chi connectivity index (χ2v) is 15.8. The highest BCUT2D eigenvalue weighted by Crippen LogP contribution is 2.48. The van der Waals surface area contributed by atoms with Gasteiger partial charge in [-0.15, -0.1) is 0 Å². The van der Waals surface area contributed by atoms with Gasteiger partial charge in [-0.05, 0) is 106 Å². The maximum atomic E-state index is 13.1. The van der Waals surface area contributed by atoms with E-state index < -0.39 is 26.8 Å². The Morgan fingerprint density at radius 3 is 2.70 bits per heavy atom. The number of hydrogen-bond donors (Lipinski definition) is 3. The Labute approximate surface area is 260 Å². The average Bonchev–Trinajstić information content (AvgIpc) is 3.10. The number of fused-ring (bicyclic) bond motifs is 3. The van der Waals surface area contributed by atoms with Gasteiger partial charge >= 0.3 is 0 Å². The number of amides is 1.